The molecule has 0 aliphatic rings. The van der Waals surface area contributed by atoms with E-state index in [0.717, 1.165) is 4.47 Å². The molecule has 0 unspecified atom stereocenters. The lowest BCUT2D eigenvalue weighted by molar-refractivity contribution is 0.432. The van der Waals surface area contributed by atoms with Crippen LogP contribution in [0.2, 0.25) is 0 Å². The van der Waals surface area contributed by atoms with Crippen molar-refractivity contribution in [2.45, 2.75) is 0 Å². The van der Waals surface area contributed by atoms with Crippen LogP contribution in [-0.2, 0) is 0 Å². The molecule has 0 amide bonds. The second-order valence-corrected chi connectivity index (χ2v) is 4.33. The minimum atomic E-state index is 0.340. The van der Waals surface area contributed by atoms with E-state index in [1.807, 2.05) is 12.1 Å². The summed E-state index contributed by atoms with van der Waals surface area (Å²) in [6, 6.07) is 5.49. The van der Waals surface area contributed by atoms with Gasteiger partial charge in [-0.15, -0.1) is 0 Å². The van der Waals surface area contributed by atoms with Crippen molar-refractivity contribution in [2.24, 2.45) is 0 Å². The fraction of sp³-hybridized carbons (Fsp3) is 0. The fourth-order valence-electron chi connectivity index (χ4n) is 1.47. The van der Waals surface area contributed by atoms with Gasteiger partial charge in [0.15, 0.2) is 5.69 Å². The van der Waals surface area contributed by atoms with E-state index >= 15 is 0 Å². The second-order valence-electron chi connectivity index (χ2n) is 3.48. The van der Waals surface area contributed by atoms with Gasteiger partial charge in [0.05, 0.1) is 17.4 Å². The van der Waals surface area contributed by atoms with Crippen molar-refractivity contribution in [2.75, 3.05) is 5.73 Å². The van der Waals surface area contributed by atoms with Crippen molar-refractivity contribution in [3.63, 3.8) is 0 Å². The number of rotatable bonds is 2. The summed E-state index contributed by atoms with van der Waals surface area (Å²) in [5.41, 5.74) is 7.67. The Balaban J connectivity index is 2.06. The number of halogens is 1. The molecular weight excluding hydrogens is 300 g/mol. The third-order valence-corrected chi connectivity index (χ3v) is 3.04. The molecule has 0 fully saturated rings. The highest BCUT2D eigenvalue weighted by atomic mass is 79.9. The van der Waals surface area contributed by atoms with Crippen LogP contribution in [0.15, 0.2) is 33.4 Å². The van der Waals surface area contributed by atoms with E-state index in [9.17, 15) is 0 Å². The summed E-state index contributed by atoms with van der Waals surface area (Å²) in [5, 5.41) is 13.9. The van der Waals surface area contributed by atoms with Crippen molar-refractivity contribution >= 4 is 21.6 Å². The molecule has 3 aromatic rings. The molecule has 0 saturated carbocycles. The summed E-state index contributed by atoms with van der Waals surface area (Å²) in [6.45, 7) is 0. The molecule has 0 atom stereocenters. The van der Waals surface area contributed by atoms with Gasteiger partial charge in [-0.1, -0.05) is 11.2 Å². The first-order valence-corrected chi connectivity index (χ1v) is 5.79. The van der Waals surface area contributed by atoms with Gasteiger partial charge in [-0.05, 0) is 28.1 Å². The predicted molar refractivity (Wildman–Crippen MR) is 67.2 cm³/mol. The minimum Gasteiger partial charge on any atom is -0.397 e. The average Bonchev–Trinajstić information content (AvgIpc) is 3.01. The largest absolute Gasteiger partial charge is 0.397 e. The lowest BCUT2D eigenvalue weighted by atomic mass is 10.2. The van der Waals surface area contributed by atoms with Crippen LogP contribution in [0, 0.1) is 0 Å². The third kappa shape index (κ3) is 1.76. The minimum absolute atomic E-state index is 0.340. The Morgan fingerprint density at radius 3 is 3.00 bits per heavy atom. The van der Waals surface area contributed by atoms with Gasteiger partial charge in [-0.3, -0.25) is 0 Å². The summed E-state index contributed by atoms with van der Waals surface area (Å²) in [5.74, 6) is 0.699. The summed E-state index contributed by atoms with van der Waals surface area (Å²) < 4.78 is 5.95. The van der Waals surface area contributed by atoms with E-state index in [0.29, 0.717) is 28.7 Å². The van der Waals surface area contributed by atoms with Gasteiger partial charge in [0.25, 0.3) is 5.89 Å². The Hall–Kier alpha value is -2.22. The lowest BCUT2D eigenvalue weighted by Crippen LogP contribution is -1.91. The van der Waals surface area contributed by atoms with Gasteiger partial charge in [0.1, 0.15) is 0 Å². The fourth-order valence-corrected chi connectivity index (χ4v) is 1.84. The maximum atomic E-state index is 5.93. The van der Waals surface area contributed by atoms with Crippen LogP contribution in [-0.4, -0.2) is 25.6 Å². The van der Waals surface area contributed by atoms with Crippen LogP contribution in [0.4, 0.5) is 5.69 Å². The number of hydrogen-bond acceptors (Lipinski definition) is 6. The Labute approximate surface area is 110 Å². The van der Waals surface area contributed by atoms with E-state index in [2.05, 4.69) is 41.5 Å². The van der Waals surface area contributed by atoms with E-state index in [-0.39, 0.29) is 0 Å². The zero-order chi connectivity index (χ0) is 12.5. The number of aromatic amines is 1. The van der Waals surface area contributed by atoms with Crippen molar-refractivity contribution in [3.05, 3.63) is 28.9 Å². The number of hydrogen-bond donors (Lipinski definition) is 2. The average molecular weight is 307 g/mol. The molecule has 0 saturated heterocycles. The quantitative estimate of drug-likeness (QED) is 0.700. The molecule has 0 radical (unpaired) electrons. The smallest absolute Gasteiger partial charge is 0.260 e. The molecule has 0 bridgehead atoms. The van der Waals surface area contributed by atoms with E-state index in [1.165, 1.54) is 6.20 Å². The molecule has 18 heavy (non-hydrogen) atoms. The summed E-state index contributed by atoms with van der Waals surface area (Å²) in [7, 11) is 0. The summed E-state index contributed by atoms with van der Waals surface area (Å²) in [6.07, 6.45) is 1.51. The highest BCUT2D eigenvalue weighted by molar-refractivity contribution is 9.10. The summed E-state index contributed by atoms with van der Waals surface area (Å²) in [4.78, 5) is 4.22. The van der Waals surface area contributed by atoms with Crippen LogP contribution in [0.3, 0.4) is 0 Å². The Kier molecular flexibility index (Phi) is 2.56. The Bertz CT molecular complexity index is 678. The standard InChI is InChI=1S/C10H7BrN6O/c11-6-3-1-2-5(8(6)12)10-14-9(16-18-10)7-4-13-17-15-7/h1-4H,12H2,(H,13,15,17). The molecule has 2 aromatic heterocycles. The van der Waals surface area contributed by atoms with E-state index < -0.39 is 0 Å². The van der Waals surface area contributed by atoms with E-state index in [4.69, 9.17) is 10.3 Å². The predicted octanol–water partition coefficient (Wildman–Crippen LogP) is 1.87. The molecular formula is C10H7BrN6O. The number of anilines is 1. The van der Waals surface area contributed by atoms with Gasteiger partial charge < -0.3 is 10.3 Å². The molecule has 90 valence electrons. The van der Waals surface area contributed by atoms with Crippen LogP contribution >= 0.6 is 15.9 Å². The molecule has 8 heteroatoms. The SMILES string of the molecule is Nc1c(Br)cccc1-c1nc(-c2cn[nH]n2)no1. The number of para-hydroxylation sites is 1. The van der Waals surface area contributed by atoms with Gasteiger partial charge in [-0.2, -0.15) is 20.4 Å². The number of nitrogen functional groups attached to an aromatic ring is 1. The normalized spacial score (nSPS) is 10.7. The van der Waals surface area contributed by atoms with Crippen molar-refractivity contribution < 1.29 is 4.52 Å². The number of nitrogens with one attached hydrogen (secondary N) is 1. The summed E-state index contributed by atoms with van der Waals surface area (Å²) >= 11 is 3.35. The monoisotopic (exact) mass is 306 g/mol. The van der Waals surface area contributed by atoms with Crippen molar-refractivity contribution in [1.29, 1.82) is 0 Å². The highest BCUT2D eigenvalue weighted by Gasteiger charge is 2.15. The van der Waals surface area contributed by atoms with Gasteiger partial charge >= 0.3 is 0 Å². The first-order valence-electron chi connectivity index (χ1n) is 5.00. The first kappa shape index (κ1) is 10.9. The van der Waals surface area contributed by atoms with Crippen LogP contribution in [0.1, 0.15) is 0 Å². The number of benzene rings is 1. The molecule has 0 aliphatic carbocycles. The third-order valence-electron chi connectivity index (χ3n) is 2.35. The first-order chi connectivity index (χ1) is 8.75. The van der Waals surface area contributed by atoms with Crippen molar-refractivity contribution in [1.82, 2.24) is 25.6 Å². The molecule has 3 N–H and O–H groups in total. The van der Waals surface area contributed by atoms with Crippen LogP contribution in [0.5, 0.6) is 0 Å². The van der Waals surface area contributed by atoms with Gasteiger partial charge in [0, 0.05) is 4.47 Å². The van der Waals surface area contributed by atoms with Gasteiger partial charge in [0.2, 0.25) is 5.82 Å². The number of nitrogens with zero attached hydrogens (tertiary/aromatic N) is 4. The van der Waals surface area contributed by atoms with E-state index in [1.54, 1.807) is 6.07 Å². The zero-order valence-electron chi connectivity index (χ0n) is 8.96. The lowest BCUT2D eigenvalue weighted by Gasteiger charge is -2.01. The van der Waals surface area contributed by atoms with Crippen molar-refractivity contribution in [3.8, 4) is 23.0 Å². The molecule has 2 heterocycles. The zero-order valence-corrected chi connectivity index (χ0v) is 10.5. The topological polar surface area (TPSA) is 107 Å². The maximum Gasteiger partial charge on any atom is 0.260 e. The Morgan fingerprint density at radius 2 is 2.22 bits per heavy atom. The highest BCUT2D eigenvalue weighted by Crippen LogP contribution is 2.31. The van der Waals surface area contributed by atoms with Crippen LogP contribution < -0.4 is 5.73 Å². The second kappa shape index (κ2) is 4.22. The molecule has 0 spiro atoms. The van der Waals surface area contributed by atoms with Crippen LogP contribution in [0.25, 0.3) is 23.0 Å². The molecule has 1 aromatic carbocycles. The maximum absolute atomic E-state index is 5.93. The number of nitrogens with two attached hydrogens (primary N) is 1. The Morgan fingerprint density at radius 1 is 1.33 bits per heavy atom. The van der Waals surface area contributed by atoms with Gasteiger partial charge in [-0.25, -0.2) is 0 Å². The molecule has 0 aliphatic heterocycles. The number of aromatic nitrogens is 5. The molecule has 3 rings (SSSR count). The number of H-pyrrole nitrogens is 1. The molecule has 7 nitrogen and oxygen atoms in total.